The summed E-state index contributed by atoms with van der Waals surface area (Å²) in [5, 5.41) is 3.18. The molecule has 0 saturated heterocycles. The zero-order chi connectivity index (χ0) is 27.2. The predicted molar refractivity (Wildman–Crippen MR) is 150 cm³/mol. The van der Waals surface area contributed by atoms with Gasteiger partial charge >= 0.3 is 0 Å². The molecule has 0 aliphatic carbocycles. The van der Waals surface area contributed by atoms with E-state index in [0.29, 0.717) is 27.3 Å². The highest BCUT2D eigenvalue weighted by atomic mass is 79.9. The van der Waals surface area contributed by atoms with Crippen LogP contribution in [0.3, 0.4) is 0 Å². The van der Waals surface area contributed by atoms with Gasteiger partial charge in [0.1, 0.15) is 12.6 Å². The standard InChI is InChI=1S/C27H29BrClN3O4S/c1-4-30-27(34)20(3)31(17-21-8-5-6-11-25(21)29)26(33)18-32(23-10-7-9-22(28)16-23)37(35,36)24-14-12-19(2)13-15-24/h5-16,20H,4,17-18H2,1-3H3,(H,30,34)/t20-/m0/s1. The van der Waals surface area contributed by atoms with Crippen molar-refractivity contribution in [3.05, 3.63) is 93.4 Å². The minimum Gasteiger partial charge on any atom is -0.355 e. The molecule has 0 unspecified atom stereocenters. The number of amides is 2. The summed E-state index contributed by atoms with van der Waals surface area (Å²) in [5.41, 5.74) is 1.86. The summed E-state index contributed by atoms with van der Waals surface area (Å²) < 4.78 is 29.3. The molecular weight excluding hydrogens is 578 g/mol. The number of anilines is 1. The minimum atomic E-state index is -4.12. The topological polar surface area (TPSA) is 86.8 Å². The molecular formula is C27H29BrClN3O4S. The second kappa shape index (κ2) is 12.6. The Morgan fingerprint density at radius 3 is 2.32 bits per heavy atom. The Morgan fingerprint density at radius 1 is 1.03 bits per heavy atom. The average Bonchev–Trinajstić information content (AvgIpc) is 2.86. The third-order valence-electron chi connectivity index (χ3n) is 5.80. The number of aryl methyl sites for hydroxylation is 1. The van der Waals surface area contributed by atoms with Crippen LogP contribution >= 0.6 is 27.5 Å². The van der Waals surface area contributed by atoms with Crippen LogP contribution < -0.4 is 9.62 Å². The fraction of sp³-hybridized carbons (Fsp3) is 0.259. The van der Waals surface area contributed by atoms with Crippen LogP contribution in [0.2, 0.25) is 5.02 Å². The molecule has 1 atom stereocenters. The first-order chi connectivity index (χ1) is 17.5. The van der Waals surface area contributed by atoms with Gasteiger partial charge in [0, 0.05) is 22.6 Å². The Balaban J connectivity index is 2.04. The van der Waals surface area contributed by atoms with Crippen LogP contribution in [0.4, 0.5) is 5.69 Å². The number of nitrogens with zero attached hydrogens (tertiary/aromatic N) is 2. The Bertz CT molecular complexity index is 1370. The van der Waals surface area contributed by atoms with Gasteiger partial charge in [-0.3, -0.25) is 13.9 Å². The smallest absolute Gasteiger partial charge is 0.264 e. The molecule has 37 heavy (non-hydrogen) atoms. The summed E-state index contributed by atoms with van der Waals surface area (Å²) in [5.74, 6) is -0.896. The van der Waals surface area contributed by atoms with Gasteiger partial charge in [0.2, 0.25) is 11.8 Å². The van der Waals surface area contributed by atoms with Crippen LogP contribution in [0.1, 0.15) is 25.0 Å². The number of rotatable bonds is 10. The first-order valence-corrected chi connectivity index (χ1v) is 14.3. The van der Waals surface area contributed by atoms with Crippen molar-refractivity contribution in [3.8, 4) is 0 Å². The lowest BCUT2D eigenvalue weighted by molar-refractivity contribution is -0.139. The van der Waals surface area contributed by atoms with Crippen LogP contribution in [0.25, 0.3) is 0 Å². The summed E-state index contributed by atoms with van der Waals surface area (Å²) >= 11 is 9.74. The van der Waals surface area contributed by atoms with Gasteiger partial charge in [-0.1, -0.05) is 69.5 Å². The number of nitrogens with one attached hydrogen (secondary N) is 1. The van der Waals surface area contributed by atoms with Gasteiger partial charge in [-0.2, -0.15) is 0 Å². The Hall–Kier alpha value is -2.88. The molecule has 0 heterocycles. The number of halogens is 2. The summed E-state index contributed by atoms with van der Waals surface area (Å²) in [4.78, 5) is 27.9. The van der Waals surface area contributed by atoms with Gasteiger partial charge in [0.15, 0.2) is 0 Å². The zero-order valence-electron chi connectivity index (χ0n) is 20.8. The van der Waals surface area contributed by atoms with E-state index in [4.69, 9.17) is 11.6 Å². The van der Waals surface area contributed by atoms with Gasteiger partial charge in [0.05, 0.1) is 10.6 Å². The van der Waals surface area contributed by atoms with Crippen LogP contribution in [0.15, 0.2) is 82.2 Å². The van der Waals surface area contributed by atoms with Crippen molar-refractivity contribution in [3.63, 3.8) is 0 Å². The van der Waals surface area contributed by atoms with Gasteiger partial charge in [-0.25, -0.2) is 8.42 Å². The zero-order valence-corrected chi connectivity index (χ0v) is 24.0. The number of carbonyl (C=O) groups excluding carboxylic acids is 2. The molecule has 0 fully saturated rings. The molecule has 0 saturated carbocycles. The van der Waals surface area contributed by atoms with Crippen molar-refractivity contribution in [1.29, 1.82) is 0 Å². The molecule has 3 aromatic rings. The second-order valence-electron chi connectivity index (χ2n) is 8.49. The van der Waals surface area contributed by atoms with Crippen molar-refractivity contribution in [2.24, 2.45) is 0 Å². The number of benzene rings is 3. The van der Waals surface area contributed by atoms with E-state index in [1.807, 2.05) is 6.92 Å². The molecule has 0 aliphatic heterocycles. The number of hydrogen-bond acceptors (Lipinski definition) is 4. The van der Waals surface area contributed by atoms with E-state index < -0.39 is 28.5 Å². The molecule has 3 aromatic carbocycles. The lowest BCUT2D eigenvalue weighted by Crippen LogP contribution is -2.51. The fourth-order valence-electron chi connectivity index (χ4n) is 3.71. The first-order valence-electron chi connectivity index (χ1n) is 11.7. The maximum absolute atomic E-state index is 13.8. The summed E-state index contributed by atoms with van der Waals surface area (Å²) in [6.45, 7) is 5.17. The molecule has 1 N–H and O–H groups in total. The van der Waals surface area contributed by atoms with E-state index in [0.717, 1.165) is 9.87 Å². The average molecular weight is 607 g/mol. The Kier molecular flexibility index (Phi) is 9.75. The normalized spacial score (nSPS) is 12.0. The molecule has 196 valence electrons. The number of sulfonamides is 1. The van der Waals surface area contributed by atoms with Gasteiger partial charge < -0.3 is 10.2 Å². The number of likely N-dealkylation sites (N-methyl/N-ethyl adjacent to an activating group) is 1. The highest BCUT2D eigenvalue weighted by Crippen LogP contribution is 2.27. The number of hydrogen-bond donors (Lipinski definition) is 1. The van der Waals surface area contributed by atoms with E-state index >= 15 is 0 Å². The Labute approximate surface area is 231 Å². The Morgan fingerprint density at radius 2 is 1.70 bits per heavy atom. The summed E-state index contributed by atoms with van der Waals surface area (Å²) in [7, 11) is -4.12. The molecule has 0 aliphatic rings. The highest BCUT2D eigenvalue weighted by molar-refractivity contribution is 9.10. The molecule has 7 nitrogen and oxygen atoms in total. The fourth-order valence-corrected chi connectivity index (χ4v) is 5.70. The van der Waals surface area contributed by atoms with Gasteiger partial charge in [-0.15, -0.1) is 0 Å². The van der Waals surface area contributed by atoms with Crippen LogP contribution in [0.5, 0.6) is 0 Å². The molecule has 0 aromatic heterocycles. The predicted octanol–water partition coefficient (Wildman–Crippen LogP) is 5.16. The molecule has 0 bridgehead atoms. The molecule has 10 heteroatoms. The van der Waals surface area contributed by atoms with Gasteiger partial charge in [-0.05, 0) is 62.7 Å². The molecule has 2 amide bonds. The summed E-state index contributed by atoms with van der Waals surface area (Å²) in [6, 6.07) is 19.3. The van der Waals surface area contributed by atoms with Crippen molar-refractivity contribution >= 4 is 55.1 Å². The van der Waals surface area contributed by atoms with E-state index in [2.05, 4.69) is 21.2 Å². The van der Waals surface area contributed by atoms with Crippen molar-refractivity contribution in [2.75, 3.05) is 17.4 Å². The van der Waals surface area contributed by atoms with E-state index in [9.17, 15) is 18.0 Å². The third-order valence-corrected chi connectivity index (χ3v) is 8.45. The second-order valence-corrected chi connectivity index (χ2v) is 11.7. The molecule has 3 rings (SSSR count). The van der Waals surface area contributed by atoms with Crippen molar-refractivity contribution in [1.82, 2.24) is 10.2 Å². The SMILES string of the molecule is CCNC(=O)[C@H](C)N(Cc1ccccc1Cl)C(=O)CN(c1cccc(Br)c1)S(=O)(=O)c1ccc(C)cc1. The molecule has 0 spiro atoms. The van der Waals surface area contributed by atoms with Crippen LogP contribution in [-0.4, -0.2) is 44.3 Å². The van der Waals surface area contributed by atoms with Gasteiger partial charge in [0.25, 0.3) is 10.0 Å². The van der Waals surface area contributed by atoms with Crippen LogP contribution in [-0.2, 0) is 26.2 Å². The van der Waals surface area contributed by atoms with E-state index in [-0.39, 0.29) is 17.3 Å². The monoisotopic (exact) mass is 605 g/mol. The quantitative estimate of drug-likeness (QED) is 0.346. The first kappa shape index (κ1) is 28.7. The van der Waals surface area contributed by atoms with Crippen LogP contribution in [0, 0.1) is 6.92 Å². The van der Waals surface area contributed by atoms with Crippen molar-refractivity contribution < 1.29 is 18.0 Å². The summed E-state index contributed by atoms with van der Waals surface area (Å²) in [6.07, 6.45) is 0. The lowest BCUT2D eigenvalue weighted by atomic mass is 10.1. The maximum atomic E-state index is 13.8. The lowest BCUT2D eigenvalue weighted by Gasteiger charge is -2.32. The molecule has 0 radical (unpaired) electrons. The van der Waals surface area contributed by atoms with E-state index in [1.165, 1.54) is 17.0 Å². The highest BCUT2D eigenvalue weighted by Gasteiger charge is 2.32. The maximum Gasteiger partial charge on any atom is 0.264 e. The van der Waals surface area contributed by atoms with Crippen molar-refractivity contribution in [2.45, 2.75) is 38.3 Å². The third kappa shape index (κ3) is 7.12. The largest absolute Gasteiger partial charge is 0.355 e. The number of carbonyl (C=O) groups is 2. The van der Waals surface area contributed by atoms with E-state index in [1.54, 1.807) is 74.5 Å². The minimum absolute atomic E-state index is 0.0354.